The summed E-state index contributed by atoms with van der Waals surface area (Å²) in [5.74, 6) is 5.96. The van der Waals surface area contributed by atoms with E-state index in [9.17, 15) is 4.39 Å². The molecule has 0 aliphatic heterocycles. The van der Waals surface area contributed by atoms with Crippen LogP contribution in [0.1, 0.15) is 11.1 Å². The first-order valence-corrected chi connectivity index (χ1v) is 6.66. The quantitative estimate of drug-likeness (QED) is 0.353. The van der Waals surface area contributed by atoms with Crippen LogP contribution in [0.15, 0.2) is 54.6 Å². The Kier molecular flexibility index (Phi) is 4.86. The lowest BCUT2D eigenvalue weighted by molar-refractivity contribution is 0.793. The number of benzene rings is 2. The van der Waals surface area contributed by atoms with E-state index >= 15 is 0 Å². The van der Waals surface area contributed by atoms with Crippen LogP contribution in [-0.2, 0) is 0 Å². The van der Waals surface area contributed by atoms with E-state index in [4.69, 9.17) is 0 Å². The number of para-hydroxylation sites is 1. The van der Waals surface area contributed by atoms with E-state index < -0.39 is 5.24 Å². The third-order valence-electron chi connectivity index (χ3n) is 2.86. The van der Waals surface area contributed by atoms with Gasteiger partial charge in [-0.2, -0.15) is 4.39 Å². The molecule has 0 aromatic heterocycles. The fourth-order valence-electron chi connectivity index (χ4n) is 1.85. The van der Waals surface area contributed by atoms with E-state index in [0.717, 1.165) is 16.8 Å². The van der Waals surface area contributed by atoms with Gasteiger partial charge in [0.2, 0.25) is 0 Å². The molecule has 0 unspecified atom stereocenters. The van der Waals surface area contributed by atoms with Crippen molar-refractivity contribution < 1.29 is 4.39 Å². The van der Waals surface area contributed by atoms with Crippen molar-refractivity contribution in [1.82, 2.24) is 0 Å². The van der Waals surface area contributed by atoms with E-state index in [-0.39, 0.29) is 6.54 Å². The van der Waals surface area contributed by atoms with Gasteiger partial charge < -0.3 is 0 Å². The van der Waals surface area contributed by atoms with Crippen LogP contribution in [0, 0.1) is 18.8 Å². The lowest BCUT2D eigenvalue weighted by Crippen LogP contribution is -2.27. The molecular formula is C17H14FNS. The molecule has 0 N–H and O–H groups in total. The van der Waals surface area contributed by atoms with Crippen LogP contribution in [0.25, 0.3) is 0 Å². The molecule has 0 aliphatic carbocycles. The molecule has 20 heavy (non-hydrogen) atoms. The molecule has 0 saturated carbocycles. The van der Waals surface area contributed by atoms with Gasteiger partial charge in [-0.05, 0) is 42.9 Å². The Bertz CT molecular complexity index is 655. The molecule has 0 spiro atoms. The van der Waals surface area contributed by atoms with Gasteiger partial charge in [0.1, 0.15) is 0 Å². The van der Waals surface area contributed by atoms with Crippen LogP contribution >= 0.6 is 12.2 Å². The van der Waals surface area contributed by atoms with Crippen molar-refractivity contribution in [3.63, 3.8) is 0 Å². The van der Waals surface area contributed by atoms with Crippen LogP contribution in [0.4, 0.5) is 10.1 Å². The van der Waals surface area contributed by atoms with Crippen LogP contribution in [0.5, 0.6) is 0 Å². The fourth-order valence-corrected chi connectivity index (χ4v) is 2.01. The normalized spacial score (nSPS) is 9.50. The van der Waals surface area contributed by atoms with Gasteiger partial charge in [-0.3, -0.25) is 4.90 Å². The summed E-state index contributed by atoms with van der Waals surface area (Å²) < 4.78 is 13.5. The Morgan fingerprint density at radius 2 is 1.75 bits per heavy atom. The monoisotopic (exact) mass is 283 g/mol. The van der Waals surface area contributed by atoms with Gasteiger partial charge >= 0.3 is 0 Å². The van der Waals surface area contributed by atoms with E-state index in [1.54, 1.807) is 0 Å². The molecule has 0 aliphatic rings. The minimum atomic E-state index is -0.665. The minimum Gasteiger partial charge on any atom is -0.297 e. The van der Waals surface area contributed by atoms with Crippen molar-refractivity contribution in [1.29, 1.82) is 0 Å². The molecule has 0 saturated heterocycles. The molecular weight excluding hydrogens is 269 g/mol. The van der Waals surface area contributed by atoms with Gasteiger partial charge in [0, 0.05) is 11.3 Å². The lowest BCUT2D eigenvalue weighted by Gasteiger charge is -2.19. The van der Waals surface area contributed by atoms with Crippen molar-refractivity contribution in [2.45, 2.75) is 6.92 Å². The van der Waals surface area contributed by atoms with Gasteiger partial charge in [-0.25, -0.2) is 0 Å². The first kappa shape index (κ1) is 14.2. The predicted molar refractivity (Wildman–Crippen MR) is 85.6 cm³/mol. The molecule has 0 atom stereocenters. The molecule has 3 heteroatoms. The summed E-state index contributed by atoms with van der Waals surface area (Å²) in [6.45, 7) is 2.15. The summed E-state index contributed by atoms with van der Waals surface area (Å²) in [4.78, 5) is 1.40. The molecule has 0 fully saturated rings. The van der Waals surface area contributed by atoms with Crippen molar-refractivity contribution in [2.24, 2.45) is 0 Å². The highest BCUT2D eigenvalue weighted by molar-refractivity contribution is 7.80. The van der Waals surface area contributed by atoms with Crippen molar-refractivity contribution in [2.75, 3.05) is 11.4 Å². The molecule has 0 radical (unpaired) electrons. The number of anilines is 1. The molecule has 2 rings (SSSR count). The number of nitrogens with zero attached hydrogens (tertiary/aromatic N) is 1. The second-order valence-electron chi connectivity index (χ2n) is 4.29. The van der Waals surface area contributed by atoms with Crippen LogP contribution in [0.2, 0.25) is 0 Å². The van der Waals surface area contributed by atoms with E-state index in [0.29, 0.717) is 0 Å². The number of thiocarbonyl (C=S) groups is 1. The topological polar surface area (TPSA) is 3.24 Å². The van der Waals surface area contributed by atoms with Crippen molar-refractivity contribution >= 4 is 23.1 Å². The third kappa shape index (κ3) is 3.66. The summed E-state index contributed by atoms with van der Waals surface area (Å²) in [5, 5.41) is -0.665. The number of hydrogen-bond acceptors (Lipinski definition) is 1. The molecule has 0 bridgehead atoms. The second kappa shape index (κ2) is 6.83. The largest absolute Gasteiger partial charge is 0.297 e. The van der Waals surface area contributed by atoms with Gasteiger partial charge in [0.15, 0.2) is 0 Å². The highest BCUT2D eigenvalue weighted by Gasteiger charge is 2.11. The Hall–Kier alpha value is -2.18. The highest BCUT2D eigenvalue weighted by atomic mass is 32.1. The van der Waals surface area contributed by atoms with Crippen LogP contribution in [-0.4, -0.2) is 11.8 Å². The molecule has 0 heterocycles. The number of hydrogen-bond donors (Lipinski definition) is 0. The van der Waals surface area contributed by atoms with Crippen molar-refractivity contribution in [3.05, 3.63) is 65.7 Å². The van der Waals surface area contributed by atoms with E-state index in [1.807, 2.05) is 61.5 Å². The Morgan fingerprint density at radius 3 is 2.40 bits per heavy atom. The zero-order valence-corrected chi connectivity index (χ0v) is 12.0. The first-order valence-electron chi connectivity index (χ1n) is 6.25. The number of rotatable bonds is 2. The molecule has 2 aromatic rings. The predicted octanol–water partition coefficient (Wildman–Crippen LogP) is 4.11. The summed E-state index contributed by atoms with van der Waals surface area (Å²) in [7, 11) is 0. The molecule has 0 amide bonds. The summed E-state index contributed by atoms with van der Waals surface area (Å²) in [5.41, 5.74) is 2.62. The third-order valence-corrected chi connectivity index (χ3v) is 3.08. The zero-order valence-electron chi connectivity index (χ0n) is 11.1. The molecule has 1 nitrogen and oxygen atoms in total. The fraction of sp³-hybridized carbons (Fsp3) is 0.118. The maximum absolute atomic E-state index is 13.5. The SMILES string of the molecule is Cc1ccccc1N(CC#Cc1ccccc1)C(F)=S. The average Bonchev–Trinajstić information content (AvgIpc) is 2.45. The van der Waals surface area contributed by atoms with Gasteiger partial charge in [0.25, 0.3) is 5.24 Å². The highest BCUT2D eigenvalue weighted by Crippen LogP contribution is 2.19. The van der Waals surface area contributed by atoms with E-state index in [2.05, 4.69) is 24.1 Å². The van der Waals surface area contributed by atoms with Gasteiger partial charge in [-0.1, -0.05) is 48.2 Å². The smallest absolute Gasteiger partial charge is 0.260 e. The van der Waals surface area contributed by atoms with Gasteiger partial charge in [-0.15, -0.1) is 0 Å². The first-order chi connectivity index (χ1) is 9.68. The summed E-state index contributed by atoms with van der Waals surface area (Å²) in [6.07, 6.45) is 0. The lowest BCUT2D eigenvalue weighted by atomic mass is 10.2. The Balaban J connectivity index is 2.18. The summed E-state index contributed by atoms with van der Waals surface area (Å²) in [6, 6.07) is 17.1. The van der Waals surface area contributed by atoms with Crippen LogP contribution in [0.3, 0.4) is 0 Å². The Labute approximate surface area is 124 Å². The minimum absolute atomic E-state index is 0.231. The second-order valence-corrected chi connectivity index (χ2v) is 4.63. The summed E-state index contributed by atoms with van der Waals surface area (Å²) >= 11 is 4.68. The van der Waals surface area contributed by atoms with E-state index in [1.165, 1.54) is 4.90 Å². The average molecular weight is 283 g/mol. The van der Waals surface area contributed by atoms with Gasteiger partial charge in [0.05, 0.1) is 6.54 Å². The number of halogens is 1. The maximum atomic E-state index is 13.5. The standard InChI is InChI=1S/C17H14FNS/c1-14-8-5-6-12-16(14)19(17(18)20)13-7-11-15-9-3-2-4-10-15/h2-6,8-10,12H,13H2,1H3. The number of aryl methyl sites for hydroxylation is 1. The Morgan fingerprint density at radius 1 is 1.10 bits per heavy atom. The van der Waals surface area contributed by atoms with Crippen LogP contribution < -0.4 is 4.90 Å². The zero-order chi connectivity index (χ0) is 14.4. The maximum Gasteiger partial charge on any atom is 0.260 e. The molecule has 2 aromatic carbocycles. The van der Waals surface area contributed by atoms with Crippen molar-refractivity contribution in [3.8, 4) is 11.8 Å². The molecule has 100 valence electrons.